The van der Waals surface area contributed by atoms with Gasteiger partial charge in [0.05, 0.1) is 26.8 Å². The van der Waals surface area contributed by atoms with Crippen LogP contribution in [-0.2, 0) is 14.4 Å². The summed E-state index contributed by atoms with van der Waals surface area (Å²) in [6.07, 6.45) is 6.45. The Morgan fingerprint density at radius 3 is 2.59 bits per heavy atom. The Kier molecular flexibility index (Phi) is 9.90. The Labute approximate surface area is 226 Å². The van der Waals surface area contributed by atoms with Gasteiger partial charge in [0.2, 0.25) is 5.91 Å². The fraction of sp³-hybridized carbons (Fsp3) is 0.200. The highest BCUT2D eigenvalue weighted by Gasteiger charge is 2.26. The summed E-state index contributed by atoms with van der Waals surface area (Å²) in [7, 11) is 0. The minimum Gasteiger partial charge on any atom is -0.480 e. The molecule has 37 heavy (non-hydrogen) atoms. The number of rotatable bonds is 10. The Morgan fingerprint density at radius 2 is 1.95 bits per heavy atom. The lowest BCUT2D eigenvalue weighted by molar-refractivity contribution is -0.141. The van der Waals surface area contributed by atoms with Gasteiger partial charge in [0.15, 0.2) is 0 Å². The number of amides is 3. The van der Waals surface area contributed by atoms with E-state index >= 15 is 0 Å². The summed E-state index contributed by atoms with van der Waals surface area (Å²) in [4.78, 5) is 49.5. The van der Waals surface area contributed by atoms with Gasteiger partial charge in [-0.25, -0.2) is 4.79 Å². The molecule has 0 fully saturated rings. The van der Waals surface area contributed by atoms with E-state index in [2.05, 4.69) is 16.0 Å². The Bertz CT molecular complexity index is 1290. The van der Waals surface area contributed by atoms with Crippen LogP contribution in [0.25, 0.3) is 6.08 Å². The SMILES string of the molecule is C/C(=C\c1ccco1)C(=O)NCC1=CC(Cl)=C(C(=O)N[C@@H](CNC(=O)c2cccs2)C(=O)O)C(Cl)=CC1. The lowest BCUT2D eigenvalue weighted by atomic mass is 10.1. The maximum atomic E-state index is 12.9. The molecule has 0 unspecified atom stereocenters. The van der Waals surface area contributed by atoms with Gasteiger partial charge in [-0.15, -0.1) is 11.3 Å². The number of carbonyl (C=O) groups excluding carboxylic acids is 3. The molecule has 2 heterocycles. The number of hydrogen-bond donors (Lipinski definition) is 4. The third kappa shape index (κ3) is 7.94. The number of allylic oxidation sites excluding steroid dienone is 3. The average Bonchev–Trinajstić information content (AvgIpc) is 3.55. The van der Waals surface area contributed by atoms with Crippen molar-refractivity contribution in [1.29, 1.82) is 0 Å². The van der Waals surface area contributed by atoms with Crippen molar-refractivity contribution in [1.82, 2.24) is 16.0 Å². The lowest BCUT2D eigenvalue weighted by Gasteiger charge is -2.16. The van der Waals surface area contributed by atoms with Crippen LogP contribution in [0.5, 0.6) is 0 Å². The van der Waals surface area contributed by atoms with Gasteiger partial charge < -0.3 is 25.5 Å². The van der Waals surface area contributed by atoms with E-state index in [1.807, 2.05) is 0 Å². The molecule has 9 nitrogen and oxygen atoms in total. The Balaban J connectivity index is 1.65. The van der Waals surface area contributed by atoms with Crippen molar-refractivity contribution in [2.45, 2.75) is 19.4 Å². The largest absolute Gasteiger partial charge is 0.480 e. The van der Waals surface area contributed by atoms with Crippen LogP contribution < -0.4 is 16.0 Å². The number of carboxylic acid groups (broad SMARTS) is 1. The van der Waals surface area contributed by atoms with Crippen LogP contribution in [0.2, 0.25) is 0 Å². The van der Waals surface area contributed by atoms with Crippen molar-refractivity contribution in [3.8, 4) is 0 Å². The predicted molar refractivity (Wildman–Crippen MR) is 141 cm³/mol. The molecule has 2 aromatic rings. The second-order valence-corrected chi connectivity index (χ2v) is 9.62. The number of carboxylic acids is 1. The summed E-state index contributed by atoms with van der Waals surface area (Å²) >= 11 is 13.9. The minimum absolute atomic E-state index is 0.0184. The van der Waals surface area contributed by atoms with E-state index in [0.29, 0.717) is 28.2 Å². The zero-order chi connectivity index (χ0) is 26.9. The topological polar surface area (TPSA) is 138 Å². The second-order valence-electron chi connectivity index (χ2n) is 7.86. The van der Waals surface area contributed by atoms with E-state index in [4.69, 9.17) is 27.6 Å². The van der Waals surface area contributed by atoms with E-state index < -0.39 is 23.8 Å². The van der Waals surface area contributed by atoms with Gasteiger partial charge in [-0.05, 0) is 54.6 Å². The van der Waals surface area contributed by atoms with Crippen molar-refractivity contribution >= 4 is 64.3 Å². The van der Waals surface area contributed by atoms with Crippen molar-refractivity contribution in [3.63, 3.8) is 0 Å². The molecule has 0 bridgehead atoms. The third-order valence-electron chi connectivity index (χ3n) is 5.13. The summed E-state index contributed by atoms with van der Waals surface area (Å²) in [6, 6.07) is 5.30. The number of thiophene rings is 1. The minimum atomic E-state index is -1.42. The first kappa shape index (κ1) is 28.0. The highest BCUT2D eigenvalue weighted by molar-refractivity contribution is 7.12. The van der Waals surface area contributed by atoms with Gasteiger partial charge in [0.1, 0.15) is 11.8 Å². The summed E-state index contributed by atoms with van der Waals surface area (Å²) in [5, 5.41) is 18.8. The quantitative estimate of drug-likeness (QED) is 0.324. The van der Waals surface area contributed by atoms with Crippen molar-refractivity contribution < 1.29 is 28.7 Å². The van der Waals surface area contributed by atoms with Gasteiger partial charge in [0, 0.05) is 18.7 Å². The van der Waals surface area contributed by atoms with Crippen LogP contribution in [0.15, 0.2) is 79.3 Å². The first-order chi connectivity index (χ1) is 17.7. The van der Waals surface area contributed by atoms with Crippen LogP contribution >= 0.6 is 34.5 Å². The first-order valence-electron chi connectivity index (χ1n) is 11.0. The molecule has 0 saturated heterocycles. The zero-order valence-electron chi connectivity index (χ0n) is 19.5. The molecular weight excluding hydrogens is 541 g/mol. The van der Waals surface area contributed by atoms with Gasteiger partial charge in [0.25, 0.3) is 11.8 Å². The molecule has 0 aromatic carbocycles. The Hall–Kier alpha value is -3.60. The average molecular weight is 564 g/mol. The molecule has 3 rings (SSSR count). The molecule has 0 radical (unpaired) electrons. The van der Waals surface area contributed by atoms with E-state index in [1.54, 1.807) is 48.7 Å². The van der Waals surface area contributed by atoms with E-state index in [-0.39, 0.29) is 34.6 Å². The molecule has 0 saturated carbocycles. The Morgan fingerprint density at radius 1 is 1.16 bits per heavy atom. The molecule has 4 N–H and O–H groups in total. The van der Waals surface area contributed by atoms with Crippen molar-refractivity contribution in [2.75, 3.05) is 13.1 Å². The molecule has 3 amide bonds. The fourth-order valence-electron chi connectivity index (χ4n) is 3.19. The number of halogens is 2. The van der Waals surface area contributed by atoms with Crippen LogP contribution in [0.4, 0.5) is 0 Å². The van der Waals surface area contributed by atoms with E-state index in [1.165, 1.54) is 23.7 Å². The number of furan rings is 1. The van der Waals surface area contributed by atoms with Crippen LogP contribution in [0, 0.1) is 0 Å². The van der Waals surface area contributed by atoms with Gasteiger partial charge in [-0.3, -0.25) is 14.4 Å². The monoisotopic (exact) mass is 563 g/mol. The van der Waals surface area contributed by atoms with Crippen molar-refractivity contribution in [3.05, 3.63) is 85.5 Å². The second kappa shape index (κ2) is 13.1. The molecule has 2 aromatic heterocycles. The molecule has 1 aliphatic carbocycles. The maximum absolute atomic E-state index is 12.9. The van der Waals surface area contributed by atoms with Crippen LogP contribution in [0.3, 0.4) is 0 Å². The normalized spacial score (nSPS) is 14.7. The maximum Gasteiger partial charge on any atom is 0.328 e. The smallest absolute Gasteiger partial charge is 0.328 e. The molecule has 1 atom stereocenters. The standard InChI is InChI=1S/C25H23Cl2N3O6S/c1-14(10-16-4-2-8-36-16)22(31)28-12-15-6-7-17(26)21(18(27)11-15)24(33)30-19(25(34)35)13-29-23(32)20-5-3-9-37-20/h2-5,7-11,19H,6,12-13H2,1H3,(H,28,31)(H,29,32)(H,30,33)(H,34,35)/b14-10+/t19-/m0/s1. The van der Waals surface area contributed by atoms with Gasteiger partial charge in [-0.1, -0.05) is 35.3 Å². The third-order valence-corrected chi connectivity index (χ3v) is 6.64. The molecule has 12 heteroatoms. The number of carbonyl (C=O) groups is 4. The highest BCUT2D eigenvalue weighted by atomic mass is 35.5. The highest BCUT2D eigenvalue weighted by Crippen LogP contribution is 2.28. The van der Waals surface area contributed by atoms with E-state index in [0.717, 1.165) is 0 Å². The molecule has 194 valence electrons. The summed E-state index contributed by atoms with van der Waals surface area (Å²) in [5.74, 6) is -2.39. The lowest BCUT2D eigenvalue weighted by Crippen LogP contribution is -2.48. The summed E-state index contributed by atoms with van der Waals surface area (Å²) < 4.78 is 5.20. The molecule has 0 aliphatic heterocycles. The first-order valence-corrected chi connectivity index (χ1v) is 12.6. The van der Waals surface area contributed by atoms with Crippen LogP contribution in [0.1, 0.15) is 28.8 Å². The van der Waals surface area contributed by atoms with Crippen molar-refractivity contribution in [2.24, 2.45) is 0 Å². The number of hydrogen-bond acceptors (Lipinski definition) is 6. The fourth-order valence-corrected chi connectivity index (χ4v) is 4.49. The van der Waals surface area contributed by atoms with Crippen LogP contribution in [-0.4, -0.2) is 47.9 Å². The number of nitrogens with one attached hydrogen (secondary N) is 3. The zero-order valence-corrected chi connectivity index (χ0v) is 21.9. The summed E-state index contributed by atoms with van der Waals surface area (Å²) in [6.45, 7) is 1.44. The molecule has 0 spiro atoms. The molecule has 1 aliphatic rings. The summed E-state index contributed by atoms with van der Waals surface area (Å²) in [5.41, 5.74) is 0.989. The molecular formula is C25H23Cl2N3O6S. The van der Waals surface area contributed by atoms with Gasteiger partial charge >= 0.3 is 5.97 Å². The van der Waals surface area contributed by atoms with E-state index in [9.17, 15) is 24.3 Å². The van der Waals surface area contributed by atoms with Gasteiger partial charge in [-0.2, -0.15) is 0 Å². The number of aliphatic carboxylic acids is 1. The predicted octanol–water partition coefficient (Wildman–Crippen LogP) is 3.81.